The van der Waals surface area contributed by atoms with Gasteiger partial charge in [0.05, 0.1) is 0 Å². The van der Waals surface area contributed by atoms with Crippen molar-refractivity contribution in [1.82, 2.24) is 9.80 Å². The highest BCUT2D eigenvalue weighted by Crippen LogP contribution is 2.30. The maximum atomic E-state index is 2.69. The zero-order valence-corrected chi connectivity index (χ0v) is 11.3. The van der Waals surface area contributed by atoms with Crippen LogP contribution in [0.3, 0.4) is 0 Å². The smallest absolute Gasteiger partial charge is 0.0125 e. The van der Waals surface area contributed by atoms with E-state index in [-0.39, 0.29) is 0 Å². The van der Waals surface area contributed by atoms with E-state index >= 15 is 0 Å². The molecule has 90 valence electrons. The standard InChI is InChI=1S/C13H28N2/c1-10(2)13-7-12(8-14(5)6)9-15(13)11(3)4/h10-13H,7-9H2,1-6H3. The van der Waals surface area contributed by atoms with E-state index in [4.69, 9.17) is 0 Å². The Kier molecular flexibility index (Phi) is 4.60. The molecule has 0 amide bonds. The first-order valence-corrected chi connectivity index (χ1v) is 6.32. The molecular formula is C13H28N2. The largest absolute Gasteiger partial charge is 0.309 e. The average Bonchev–Trinajstić information content (AvgIpc) is 2.46. The monoisotopic (exact) mass is 212 g/mol. The summed E-state index contributed by atoms with van der Waals surface area (Å²) >= 11 is 0. The highest BCUT2D eigenvalue weighted by atomic mass is 15.2. The Balaban J connectivity index is 2.57. The fraction of sp³-hybridized carbons (Fsp3) is 1.00. The lowest BCUT2D eigenvalue weighted by Gasteiger charge is -2.30. The van der Waals surface area contributed by atoms with E-state index < -0.39 is 0 Å². The molecule has 1 aliphatic heterocycles. The van der Waals surface area contributed by atoms with E-state index in [2.05, 4.69) is 51.6 Å². The lowest BCUT2D eigenvalue weighted by atomic mass is 9.97. The van der Waals surface area contributed by atoms with Crippen molar-refractivity contribution in [3.05, 3.63) is 0 Å². The summed E-state index contributed by atoms with van der Waals surface area (Å²) in [6, 6.07) is 1.50. The van der Waals surface area contributed by atoms with Gasteiger partial charge >= 0.3 is 0 Å². The molecule has 0 N–H and O–H groups in total. The minimum absolute atomic E-state index is 0.699. The number of hydrogen-bond donors (Lipinski definition) is 0. The molecule has 1 aliphatic rings. The summed E-state index contributed by atoms with van der Waals surface area (Å²) in [6.07, 6.45) is 1.38. The fourth-order valence-corrected chi connectivity index (χ4v) is 2.88. The molecule has 15 heavy (non-hydrogen) atoms. The van der Waals surface area contributed by atoms with Crippen LogP contribution >= 0.6 is 0 Å². The topological polar surface area (TPSA) is 6.48 Å². The highest BCUT2D eigenvalue weighted by Gasteiger charge is 2.34. The van der Waals surface area contributed by atoms with Crippen LogP contribution in [0.1, 0.15) is 34.1 Å². The van der Waals surface area contributed by atoms with Crippen molar-refractivity contribution in [2.75, 3.05) is 27.2 Å². The fourth-order valence-electron chi connectivity index (χ4n) is 2.88. The third kappa shape index (κ3) is 3.46. The van der Waals surface area contributed by atoms with Gasteiger partial charge in [-0.25, -0.2) is 0 Å². The third-order valence-electron chi connectivity index (χ3n) is 3.53. The molecule has 0 aliphatic carbocycles. The SMILES string of the molecule is CC(C)C1CC(CN(C)C)CN1C(C)C. The number of nitrogens with zero attached hydrogens (tertiary/aromatic N) is 2. The zero-order valence-electron chi connectivity index (χ0n) is 11.3. The Bertz CT molecular complexity index is 171. The first kappa shape index (κ1) is 13.0. The number of rotatable bonds is 4. The van der Waals surface area contributed by atoms with Crippen LogP contribution in [0, 0.1) is 11.8 Å². The Morgan fingerprint density at radius 1 is 1.20 bits per heavy atom. The van der Waals surface area contributed by atoms with Gasteiger partial charge in [0.1, 0.15) is 0 Å². The molecule has 2 unspecified atom stereocenters. The first-order chi connectivity index (χ1) is 6.91. The molecule has 1 heterocycles. The van der Waals surface area contributed by atoms with E-state index in [9.17, 15) is 0 Å². The van der Waals surface area contributed by atoms with Crippen LogP contribution < -0.4 is 0 Å². The Morgan fingerprint density at radius 3 is 2.13 bits per heavy atom. The highest BCUT2D eigenvalue weighted by molar-refractivity contribution is 4.89. The second-order valence-electron chi connectivity index (χ2n) is 5.97. The quantitative estimate of drug-likeness (QED) is 0.705. The summed E-state index contributed by atoms with van der Waals surface area (Å²) in [4.78, 5) is 5.02. The van der Waals surface area contributed by atoms with Crippen LogP contribution in [0.4, 0.5) is 0 Å². The molecule has 0 aromatic rings. The summed E-state index contributed by atoms with van der Waals surface area (Å²) in [5.41, 5.74) is 0. The lowest BCUT2D eigenvalue weighted by Crippen LogP contribution is -2.38. The molecule has 0 bridgehead atoms. The molecule has 1 saturated heterocycles. The molecule has 2 atom stereocenters. The van der Waals surface area contributed by atoms with Crippen LogP contribution in [0.15, 0.2) is 0 Å². The normalized spacial score (nSPS) is 28.6. The van der Waals surface area contributed by atoms with E-state index in [1.807, 2.05) is 0 Å². The summed E-state index contributed by atoms with van der Waals surface area (Å²) in [7, 11) is 4.37. The van der Waals surface area contributed by atoms with Crippen molar-refractivity contribution in [2.24, 2.45) is 11.8 Å². The predicted octanol–water partition coefficient (Wildman–Crippen LogP) is 2.30. The zero-order chi connectivity index (χ0) is 11.6. The molecule has 1 fully saturated rings. The van der Waals surface area contributed by atoms with Gasteiger partial charge in [-0.05, 0) is 46.2 Å². The Morgan fingerprint density at radius 2 is 1.80 bits per heavy atom. The van der Waals surface area contributed by atoms with Gasteiger partial charge < -0.3 is 4.90 Å². The molecule has 0 saturated carbocycles. The van der Waals surface area contributed by atoms with Crippen molar-refractivity contribution >= 4 is 0 Å². The molecule has 0 aromatic heterocycles. The van der Waals surface area contributed by atoms with E-state index in [1.165, 1.54) is 19.5 Å². The van der Waals surface area contributed by atoms with Crippen molar-refractivity contribution in [3.63, 3.8) is 0 Å². The van der Waals surface area contributed by atoms with Gasteiger partial charge in [-0.1, -0.05) is 13.8 Å². The second-order valence-corrected chi connectivity index (χ2v) is 5.97. The summed E-state index contributed by atoms with van der Waals surface area (Å²) in [6.45, 7) is 11.9. The number of hydrogen-bond acceptors (Lipinski definition) is 2. The van der Waals surface area contributed by atoms with Crippen LogP contribution in [0.5, 0.6) is 0 Å². The summed E-state index contributed by atoms with van der Waals surface area (Å²) in [5, 5.41) is 0. The van der Waals surface area contributed by atoms with Gasteiger partial charge in [0.2, 0.25) is 0 Å². The Labute approximate surface area is 95.6 Å². The molecule has 0 spiro atoms. The minimum atomic E-state index is 0.699. The molecule has 2 heteroatoms. The van der Waals surface area contributed by atoms with Crippen molar-refractivity contribution < 1.29 is 0 Å². The minimum Gasteiger partial charge on any atom is -0.309 e. The van der Waals surface area contributed by atoms with Gasteiger partial charge in [-0.3, -0.25) is 4.90 Å². The average molecular weight is 212 g/mol. The maximum Gasteiger partial charge on any atom is 0.0125 e. The summed E-state index contributed by atoms with van der Waals surface area (Å²) < 4.78 is 0. The van der Waals surface area contributed by atoms with Crippen LogP contribution in [0.2, 0.25) is 0 Å². The maximum absolute atomic E-state index is 2.69. The van der Waals surface area contributed by atoms with E-state index in [0.29, 0.717) is 6.04 Å². The second kappa shape index (κ2) is 5.31. The van der Waals surface area contributed by atoms with Gasteiger partial charge in [0.15, 0.2) is 0 Å². The third-order valence-corrected chi connectivity index (χ3v) is 3.53. The lowest BCUT2D eigenvalue weighted by molar-refractivity contribution is 0.163. The van der Waals surface area contributed by atoms with Gasteiger partial charge in [-0.15, -0.1) is 0 Å². The number of likely N-dealkylation sites (tertiary alicyclic amines) is 1. The Hall–Kier alpha value is -0.0800. The molecular weight excluding hydrogens is 184 g/mol. The van der Waals surface area contributed by atoms with Gasteiger partial charge in [0, 0.05) is 25.2 Å². The molecule has 1 rings (SSSR count). The van der Waals surface area contributed by atoms with Crippen LogP contribution in [-0.4, -0.2) is 49.1 Å². The van der Waals surface area contributed by atoms with E-state index in [1.54, 1.807) is 0 Å². The summed E-state index contributed by atoms with van der Waals surface area (Å²) in [5.74, 6) is 1.66. The first-order valence-electron chi connectivity index (χ1n) is 6.32. The molecule has 0 radical (unpaired) electrons. The molecule has 0 aromatic carbocycles. The molecule has 2 nitrogen and oxygen atoms in total. The van der Waals surface area contributed by atoms with Gasteiger partial charge in [0.25, 0.3) is 0 Å². The van der Waals surface area contributed by atoms with Crippen LogP contribution in [-0.2, 0) is 0 Å². The predicted molar refractivity (Wildman–Crippen MR) is 67.1 cm³/mol. The van der Waals surface area contributed by atoms with Gasteiger partial charge in [-0.2, -0.15) is 0 Å². The van der Waals surface area contributed by atoms with E-state index in [0.717, 1.165) is 17.9 Å². The van der Waals surface area contributed by atoms with Crippen molar-refractivity contribution in [3.8, 4) is 0 Å². The van der Waals surface area contributed by atoms with Crippen molar-refractivity contribution in [2.45, 2.75) is 46.2 Å². The van der Waals surface area contributed by atoms with Crippen LogP contribution in [0.25, 0.3) is 0 Å². The van der Waals surface area contributed by atoms with Crippen molar-refractivity contribution in [1.29, 1.82) is 0 Å².